The van der Waals surface area contributed by atoms with Crippen LogP contribution in [0.4, 0.5) is 11.6 Å². The molecule has 0 aliphatic heterocycles. The van der Waals surface area contributed by atoms with Gasteiger partial charge < -0.3 is 20.7 Å². The van der Waals surface area contributed by atoms with Crippen LogP contribution in [0.5, 0.6) is 0 Å². The summed E-state index contributed by atoms with van der Waals surface area (Å²) < 4.78 is 2.00. The van der Waals surface area contributed by atoms with Crippen LogP contribution in [-0.4, -0.2) is 22.8 Å². The Morgan fingerprint density at radius 2 is 2.23 bits per heavy atom. The number of rotatable bonds is 4. The number of nitrogen functional groups attached to an aromatic ring is 1. The van der Waals surface area contributed by atoms with Gasteiger partial charge in [0.15, 0.2) is 0 Å². The van der Waals surface area contributed by atoms with Crippen molar-refractivity contribution in [3.63, 3.8) is 0 Å². The van der Waals surface area contributed by atoms with Crippen LogP contribution >= 0.6 is 0 Å². The molecule has 0 saturated heterocycles. The van der Waals surface area contributed by atoms with Crippen molar-refractivity contribution in [1.29, 1.82) is 0 Å². The first-order valence-electron chi connectivity index (χ1n) is 4.48. The van der Waals surface area contributed by atoms with Crippen molar-refractivity contribution in [1.82, 2.24) is 4.57 Å². The molecule has 0 unspecified atom stereocenters. The number of aliphatic hydroxyl groups excluding tert-OH is 1. The highest BCUT2D eigenvalue weighted by molar-refractivity contribution is 5.49. The van der Waals surface area contributed by atoms with Crippen molar-refractivity contribution in [2.45, 2.75) is 19.9 Å². The van der Waals surface area contributed by atoms with E-state index in [1.54, 1.807) is 0 Å². The molecular weight excluding hydrogens is 166 g/mol. The molecule has 74 valence electrons. The van der Waals surface area contributed by atoms with E-state index < -0.39 is 0 Å². The lowest BCUT2D eigenvalue weighted by Gasteiger charge is -2.15. The number of nitrogens with zero attached hydrogens (tertiary/aromatic N) is 1. The first-order chi connectivity index (χ1) is 6.16. The molecular formula is C9H17N3O. The van der Waals surface area contributed by atoms with Crippen LogP contribution in [0.15, 0.2) is 12.1 Å². The molecule has 0 bridgehead atoms. The summed E-state index contributed by atoms with van der Waals surface area (Å²) in [6, 6.07) is 4.11. The number of anilines is 2. The van der Waals surface area contributed by atoms with E-state index in [4.69, 9.17) is 10.8 Å². The molecule has 1 rings (SSSR count). The molecule has 0 aromatic carbocycles. The van der Waals surface area contributed by atoms with E-state index in [1.807, 2.05) is 16.7 Å². The van der Waals surface area contributed by atoms with Gasteiger partial charge in [-0.1, -0.05) is 0 Å². The van der Waals surface area contributed by atoms with E-state index in [9.17, 15) is 0 Å². The first kappa shape index (κ1) is 9.92. The number of nitrogens with one attached hydrogen (secondary N) is 1. The third-order valence-corrected chi connectivity index (χ3v) is 1.88. The maximum atomic E-state index is 8.66. The average Bonchev–Trinajstić information content (AvgIpc) is 2.43. The molecule has 0 aliphatic rings. The van der Waals surface area contributed by atoms with Crippen LogP contribution < -0.4 is 11.1 Å². The molecule has 1 heterocycles. The third-order valence-electron chi connectivity index (χ3n) is 1.88. The first-order valence-corrected chi connectivity index (χ1v) is 4.48. The van der Waals surface area contributed by atoms with Crippen molar-refractivity contribution in [2.24, 2.45) is 0 Å². The Bertz CT molecular complexity index is 268. The third kappa shape index (κ3) is 2.15. The largest absolute Gasteiger partial charge is 0.395 e. The SMILES string of the molecule is CC(C)n1c(N)ccc1NCCO. The average molecular weight is 183 g/mol. The van der Waals surface area contributed by atoms with Crippen molar-refractivity contribution in [3.8, 4) is 0 Å². The van der Waals surface area contributed by atoms with Gasteiger partial charge in [0.1, 0.15) is 11.6 Å². The van der Waals surface area contributed by atoms with Gasteiger partial charge in [-0.25, -0.2) is 0 Å². The summed E-state index contributed by atoms with van der Waals surface area (Å²) >= 11 is 0. The lowest BCUT2D eigenvalue weighted by atomic mass is 10.4. The number of hydrogen-bond donors (Lipinski definition) is 3. The fourth-order valence-corrected chi connectivity index (χ4v) is 1.37. The molecule has 4 N–H and O–H groups in total. The molecule has 4 heteroatoms. The molecule has 13 heavy (non-hydrogen) atoms. The number of hydrogen-bond acceptors (Lipinski definition) is 3. The van der Waals surface area contributed by atoms with Gasteiger partial charge in [0.25, 0.3) is 0 Å². The summed E-state index contributed by atoms with van der Waals surface area (Å²) in [7, 11) is 0. The molecule has 0 aliphatic carbocycles. The highest BCUT2D eigenvalue weighted by Gasteiger charge is 2.07. The zero-order valence-electron chi connectivity index (χ0n) is 8.12. The number of aromatic nitrogens is 1. The standard InChI is InChI=1S/C9H17N3O/c1-7(2)12-8(10)3-4-9(12)11-5-6-13/h3-4,7,11,13H,5-6,10H2,1-2H3. The van der Waals surface area contributed by atoms with Gasteiger partial charge in [0.05, 0.1) is 6.61 Å². The molecule has 0 spiro atoms. The van der Waals surface area contributed by atoms with Gasteiger partial charge in [0.2, 0.25) is 0 Å². The monoisotopic (exact) mass is 183 g/mol. The molecule has 1 aromatic rings. The van der Waals surface area contributed by atoms with Crippen LogP contribution in [0.1, 0.15) is 19.9 Å². The fraction of sp³-hybridized carbons (Fsp3) is 0.556. The maximum absolute atomic E-state index is 8.66. The lowest BCUT2D eigenvalue weighted by molar-refractivity contribution is 0.310. The fourth-order valence-electron chi connectivity index (χ4n) is 1.37. The molecule has 0 amide bonds. The number of nitrogens with two attached hydrogens (primary N) is 1. The second-order valence-electron chi connectivity index (χ2n) is 3.26. The second-order valence-corrected chi connectivity index (χ2v) is 3.26. The Labute approximate surface area is 78.4 Å². The Hall–Kier alpha value is -1.16. The van der Waals surface area contributed by atoms with E-state index in [2.05, 4.69) is 19.2 Å². The topological polar surface area (TPSA) is 63.2 Å². The Morgan fingerprint density at radius 1 is 1.54 bits per heavy atom. The normalized spacial score (nSPS) is 10.8. The molecule has 0 radical (unpaired) electrons. The van der Waals surface area contributed by atoms with Crippen molar-refractivity contribution < 1.29 is 5.11 Å². The summed E-state index contributed by atoms with van der Waals surface area (Å²) in [4.78, 5) is 0. The molecule has 0 atom stereocenters. The van der Waals surface area contributed by atoms with Crippen molar-refractivity contribution >= 4 is 11.6 Å². The molecule has 4 nitrogen and oxygen atoms in total. The smallest absolute Gasteiger partial charge is 0.107 e. The van der Waals surface area contributed by atoms with E-state index in [1.165, 1.54) is 0 Å². The Morgan fingerprint density at radius 3 is 2.77 bits per heavy atom. The minimum absolute atomic E-state index is 0.128. The summed E-state index contributed by atoms with van der Waals surface area (Å²) in [6.45, 7) is 4.82. The molecule has 0 fully saturated rings. The van der Waals surface area contributed by atoms with Gasteiger partial charge in [-0.15, -0.1) is 0 Å². The van der Waals surface area contributed by atoms with Gasteiger partial charge >= 0.3 is 0 Å². The van der Waals surface area contributed by atoms with E-state index in [-0.39, 0.29) is 6.61 Å². The zero-order valence-corrected chi connectivity index (χ0v) is 8.12. The van der Waals surface area contributed by atoms with Gasteiger partial charge in [0, 0.05) is 12.6 Å². The van der Waals surface area contributed by atoms with Crippen LogP contribution in [0.2, 0.25) is 0 Å². The predicted octanol–water partition coefficient (Wildman–Crippen LogP) is 1.06. The highest BCUT2D eigenvalue weighted by Crippen LogP contribution is 2.21. The van der Waals surface area contributed by atoms with E-state index >= 15 is 0 Å². The van der Waals surface area contributed by atoms with Crippen molar-refractivity contribution in [2.75, 3.05) is 24.2 Å². The van der Waals surface area contributed by atoms with Crippen LogP contribution in [-0.2, 0) is 0 Å². The molecule has 0 saturated carbocycles. The van der Waals surface area contributed by atoms with Crippen LogP contribution in [0, 0.1) is 0 Å². The lowest BCUT2D eigenvalue weighted by Crippen LogP contribution is -2.13. The van der Waals surface area contributed by atoms with Gasteiger partial charge in [-0.05, 0) is 26.0 Å². The summed E-state index contributed by atoms with van der Waals surface area (Å²) in [5.74, 6) is 1.71. The van der Waals surface area contributed by atoms with E-state index in [0.29, 0.717) is 12.6 Å². The second kappa shape index (κ2) is 4.18. The Kier molecular flexibility index (Phi) is 3.19. The summed E-state index contributed by atoms with van der Waals surface area (Å²) in [5.41, 5.74) is 5.77. The van der Waals surface area contributed by atoms with E-state index in [0.717, 1.165) is 11.6 Å². The minimum atomic E-state index is 0.128. The van der Waals surface area contributed by atoms with Crippen LogP contribution in [0.25, 0.3) is 0 Å². The molecule has 1 aromatic heterocycles. The van der Waals surface area contributed by atoms with Crippen LogP contribution in [0.3, 0.4) is 0 Å². The summed E-state index contributed by atoms with van der Waals surface area (Å²) in [5, 5.41) is 11.8. The summed E-state index contributed by atoms with van der Waals surface area (Å²) in [6.07, 6.45) is 0. The minimum Gasteiger partial charge on any atom is -0.395 e. The predicted molar refractivity (Wildman–Crippen MR) is 54.8 cm³/mol. The Balaban J connectivity index is 2.81. The highest BCUT2D eigenvalue weighted by atomic mass is 16.3. The quantitative estimate of drug-likeness (QED) is 0.654. The maximum Gasteiger partial charge on any atom is 0.107 e. The number of aliphatic hydroxyl groups is 1. The zero-order chi connectivity index (χ0) is 9.84. The van der Waals surface area contributed by atoms with Gasteiger partial charge in [-0.3, -0.25) is 0 Å². The van der Waals surface area contributed by atoms with Crippen molar-refractivity contribution in [3.05, 3.63) is 12.1 Å². The van der Waals surface area contributed by atoms with Gasteiger partial charge in [-0.2, -0.15) is 0 Å².